The van der Waals surface area contributed by atoms with E-state index in [0.29, 0.717) is 24.0 Å². The summed E-state index contributed by atoms with van der Waals surface area (Å²) in [5.41, 5.74) is 0.652. The maximum atomic E-state index is 12.6. The molecule has 1 aromatic carbocycles. The number of aromatic nitrogens is 2. The van der Waals surface area contributed by atoms with Crippen LogP contribution in [0.4, 0.5) is 5.95 Å². The number of unbranched alkanes of at least 4 members (excludes halogenated alkanes) is 1. The van der Waals surface area contributed by atoms with Crippen molar-refractivity contribution in [3.63, 3.8) is 0 Å². The number of hydrogen-bond acceptors (Lipinski definition) is 6. The Hall–Kier alpha value is -2.19. The molecule has 0 unspecified atom stereocenters. The van der Waals surface area contributed by atoms with Gasteiger partial charge in [-0.1, -0.05) is 13.3 Å². The van der Waals surface area contributed by atoms with E-state index in [2.05, 4.69) is 26.5 Å². The summed E-state index contributed by atoms with van der Waals surface area (Å²) < 4.78 is 33.3. The Morgan fingerprint density at radius 1 is 1.11 bits per heavy atom. The van der Waals surface area contributed by atoms with Crippen LogP contribution in [0.1, 0.15) is 44.7 Å². The second-order valence-electron chi connectivity index (χ2n) is 6.89. The van der Waals surface area contributed by atoms with Crippen LogP contribution < -0.4 is 14.4 Å². The normalized spacial score (nSPS) is 14.8. The molecular formula is C20H28N4O3S. The minimum absolute atomic E-state index is 0.125. The van der Waals surface area contributed by atoms with Gasteiger partial charge in [-0.15, -0.1) is 0 Å². The lowest BCUT2D eigenvalue weighted by molar-refractivity contribution is 0.309. The first kappa shape index (κ1) is 20.5. The number of rotatable bonds is 9. The van der Waals surface area contributed by atoms with Crippen molar-refractivity contribution in [2.75, 3.05) is 24.6 Å². The van der Waals surface area contributed by atoms with E-state index >= 15 is 0 Å². The summed E-state index contributed by atoms with van der Waals surface area (Å²) in [5, 5.41) is 0. The van der Waals surface area contributed by atoms with Gasteiger partial charge in [-0.05, 0) is 56.0 Å². The van der Waals surface area contributed by atoms with Gasteiger partial charge >= 0.3 is 0 Å². The fourth-order valence-electron chi connectivity index (χ4n) is 3.03. The van der Waals surface area contributed by atoms with Crippen molar-refractivity contribution < 1.29 is 13.2 Å². The average Bonchev–Trinajstić information content (AvgIpc) is 2.74. The number of ether oxygens (including phenoxy) is 1. The molecule has 7 nitrogen and oxygen atoms in total. The summed E-state index contributed by atoms with van der Waals surface area (Å²) in [5.74, 6) is 1.35. The molecule has 0 bridgehead atoms. The third-order valence-corrected chi connectivity index (χ3v) is 6.10. The molecule has 2 heterocycles. The predicted octanol–water partition coefficient (Wildman–Crippen LogP) is 3.12. The van der Waals surface area contributed by atoms with Crippen LogP contribution in [0.3, 0.4) is 0 Å². The summed E-state index contributed by atoms with van der Waals surface area (Å²) >= 11 is 0. The highest BCUT2D eigenvalue weighted by molar-refractivity contribution is 7.89. The Bertz CT molecular complexity index is 850. The van der Waals surface area contributed by atoms with Crippen LogP contribution in [0, 0.1) is 0 Å². The van der Waals surface area contributed by atoms with E-state index in [1.54, 1.807) is 36.5 Å². The van der Waals surface area contributed by atoms with Crippen LogP contribution >= 0.6 is 0 Å². The Morgan fingerprint density at radius 2 is 1.86 bits per heavy atom. The van der Waals surface area contributed by atoms with Gasteiger partial charge in [0, 0.05) is 19.3 Å². The zero-order chi connectivity index (χ0) is 19.8. The minimum atomic E-state index is -3.62. The van der Waals surface area contributed by atoms with Crippen molar-refractivity contribution >= 4 is 16.0 Å². The van der Waals surface area contributed by atoms with Crippen LogP contribution in [0.15, 0.2) is 41.4 Å². The summed E-state index contributed by atoms with van der Waals surface area (Å²) in [6.45, 7) is 4.75. The van der Waals surface area contributed by atoms with E-state index in [1.807, 2.05) is 0 Å². The van der Waals surface area contributed by atoms with E-state index < -0.39 is 10.0 Å². The van der Waals surface area contributed by atoms with Crippen LogP contribution in [0.5, 0.6) is 5.75 Å². The monoisotopic (exact) mass is 404 g/mol. The molecule has 0 radical (unpaired) electrons. The SMILES string of the molecule is CCCCOc1ccc(S(=O)(=O)NCc2ccnc(N3CCCCC3)n2)cc1. The summed E-state index contributed by atoms with van der Waals surface area (Å²) in [6, 6.07) is 8.22. The molecule has 1 fully saturated rings. The molecule has 28 heavy (non-hydrogen) atoms. The smallest absolute Gasteiger partial charge is 0.240 e. The molecule has 1 saturated heterocycles. The molecule has 0 amide bonds. The second-order valence-corrected chi connectivity index (χ2v) is 8.66. The summed E-state index contributed by atoms with van der Waals surface area (Å²) in [7, 11) is -3.62. The van der Waals surface area contributed by atoms with Gasteiger partial charge in [0.25, 0.3) is 0 Å². The van der Waals surface area contributed by atoms with Gasteiger partial charge in [0.15, 0.2) is 0 Å². The topological polar surface area (TPSA) is 84.4 Å². The van der Waals surface area contributed by atoms with E-state index in [-0.39, 0.29) is 11.4 Å². The first-order chi connectivity index (χ1) is 13.6. The van der Waals surface area contributed by atoms with Crippen LogP contribution in [-0.4, -0.2) is 38.1 Å². The van der Waals surface area contributed by atoms with Gasteiger partial charge in [0.05, 0.1) is 23.7 Å². The molecule has 3 rings (SSSR count). The van der Waals surface area contributed by atoms with Crippen molar-refractivity contribution in [1.82, 2.24) is 14.7 Å². The van der Waals surface area contributed by atoms with Crippen molar-refractivity contribution in [2.45, 2.75) is 50.5 Å². The minimum Gasteiger partial charge on any atom is -0.494 e. The maximum absolute atomic E-state index is 12.6. The molecule has 1 aliphatic rings. The van der Waals surface area contributed by atoms with Gasteiger partial charge in [-0.25, -0.2) is 23.1 Å². The predicted molar refractivity (Wildman–Crippen MR) is 109 cm³/mol. The van der Waals surface area contributed by atoms with Gasteiger partial charge in [0.1, 0.15) is 5.75 Å². The lowest BCUT2D eigenvalue weighted by Gasteiger charge is -2.26. The summed E-state index contributed by atoms with van der Waals surface area (Å²) in [4.78, 5) is 11.2. The number of piperidine rings is 1. The fraction of sp³-hybridized carbons (Fsp3) is 0.500. The number of anilines is 1. The number of nitrogens with zero attached hydrogens (tertiary/aromatic N) is 3. The third kappa shape index (κ3) is 5.65. The van der Waals surface area contributed by atoms with Gasteiger partial charge < -0.3 is 9.64 Å². The molecule has 0 aliphatic carbocycles. The Balaban J connectivity index is 1.60. The molecule has 0 atom stereocenters. The molecule has 1 aromatic heterocycles. The highest BCUT2D eigenvalue weighted by Crippen LogP contribution is 2.18. The molecule has 8 heteroatoms. The fourth-order valence-corrected chi connectivity index (χ4v) is 4.03. The second kappa shape index (κ2) is 9.84. The molecule has 1 aliphatic heterocycles. The standard InChI is InChI=1S/C20H28N4O3S/c1-2-3-15-27-18-7-9-19(10-8-18)28(25,26)22-16-17-11-12-21-20(23-17)24-13-5-4-6-14-24/h7-12,22H,2-6,13-16H2,1H3. The largest absolute Gasteiger partial charge is 0.494 e. The van der Waals surface area contributed by atoms with Crippen molar-refractivity contribution in [1.29, 1.82) is 0 Å². The highest BCUT2D eigenvalue weighted by Gasteiger charge is 2.16. The Kier molecular flexibility index (Phi) is 7.22. The number of sulfonamides is 1. The van der Waals surface area contributed by atoms with Gasteiger partial charge in [-0.2, -0.15) is 0 Å². The lowest BCUT2D eigenvalue weighted by Crippen LogP contribution is -2.31. The van der Waals surface area contributed by atoms with Crippen LogP contribution in [0.25, 0.3) is 0 Å². The quantitative estimate of drug-likeness (QED) is 0.647. The number of benzene rings is 1. The molecule has 2 aromatic rings. The van der Waals surface area contributed by atoms with Crippen LogP contribution in [0.2, 0.25) is 0 Å². The number of nitrogens with one attached hydrogen (secondary N) is 1. The lowest BCUT2D eigenvalue weighted by atomic mass is 10.1. The van der Waals surface area contributed by atoms with Crippen molar-refractivity contribution in [3.8, 4) is 5.75 Å². The highest BCUT2D eigenvalue weighted by atomic mass is 32.2. The molecule has 152 valence electrons. The third-order valence-electron chi connectivity index (χ3n) is 4.68. The molecule has 0 saturated carbocycles. The first-order valence-electron chi connectivity index (χ1n) is 9.88. The zero-order valence-electron chi connectivity index (χ0n) is 16.3. The van der Waals surface area contributed by atoms with Crippen molar-refractivity contribution in [3.05, 3.63) is 42.2 Å². The van der Waals surface area contributed by atoms with E-state index in [4.69, 9.17) is 4.74 Å². The van der Waals surface area contributed by atoms with Gasteiger partial charge in [-0.3, -0.25) is 0 Å². The van der Waals surface area contributed by atoms with Crippen LogP contribution in [-0.2, 0) is 16.6 Å². The molecule has 1 N–H and O–H groups in total. The molecule has 0 spiro atoms. The first-order valence-corrected chi connectivity index (χ1v) is 11.4. The summed E-state index contributed by atoms with van der Waals surface area (Å²) in [6.07, 6.45) is 7.22. The van der Waals surface area contributed by atoms with E-state index in [0.717, 1.165) is 38.8 Å². The maximum Gasteiger partial charge on any atom is 0.240 e. The molecular weight excluding hydrogens is 376 g/mol. The number of hydrogen-bond donors (Lipinski definition) is 1. The Morgan fingerprint density at radius 3 is 2.57 bits per heavy atom. The van der Waals surface area contributed by atoms with Crippen molar-refractivity contribution in [2.24, 2.45) is 0 Å². The zero-order valence-corrected chi connectivity index (χ0v) is 17.1. The Labute approximate surface area is 167 Å². The van der Waals surface area contributed by atoms with E-state index in [9.17, 15) is 8.42 Å². The van der Waals surface area contributed by atoms with E-state index in [1.165, 1.54) is 6.42 Å². The average molecular weight is 405 g/mol. The van der Waals surface area contributed by atoms with Gasteiger partial charge in [0.2, 0.25) is 16.0 Å².